The number of amides is 1. The molecule has 1 amide bonds. The van der Waals surface area contributed by atoms with Crippen LogP contribution >= 0.6 is 12.6 Å². The predicted octanol–water partition coefficient (Wildman–Crippen LogP) is 0.254. The summed E-state index contributed by atoms with van der Waals surface area (Å²) in [5.41, 5.74) is 0. The van der Waals surface area contributed by atoms with Gasteiger partial charge in [-0.1, -0.05) is 6.42 Å². The first-order chi connectivity index (χ1) is 8.47. The molecule has 0 aliphatic carbocycles. The van der Waals surface area contributed by atoms with Crippen molar-refractivity contribution in [2.75, 3.05) is 12.4 Å². The topological polar surface area (TPSA) is 119 Å². The van der Waals surface area contributed by atoms with Crippen LogP contribution in [-0.2, 0) is 14.4 Å². The average molecular weight is 280 g/mol. The Morgan fingerprint density at radius 1 is 1.39 bits per heavy atom. The molecule has 0 fully saturated rings. The molecule has 9 heteroatoms. The molecule has 1 unspecified atom stereocenters. The van der Waals surface area contributed by atoms with E-state index >= 15 is 0 Å². The average Bonchev–Trinajstić information content (AvgIpc) is 2.29. The molecule has 18 heavy (non-hydrogen) atoms. The zero-order chi connectivity index (χ0) is 14.0. The lowest BCUT2D eigenvalue weighted by Crippen LogP contribution is -2.42. The second-order valence-electron chi connectivity index (χ2n) is 3.51. The number of carboxylic acid groups (broad SMARTS) is 1. The Hall–Kier alpha value is -1.51. The quantitative estimate of drug-likeness (QED) is 0.228. The Labute approximate surface area is 109 Å². The number of carboxylic acids is 1. The normalized spacial score (nSPS) is 11.6. The smallest absolute Gasteiger partial charge is 0.327 e. The summed E-state index contributed by atoms with van der Waals surface area (Å²) in [7, 11) is 0. The van der Waals surface area contributed by atoms with Gasteiger partial charge >= 0.3 is 5.97 Å². The number of unbranched alkanes of at least 4 members (excludes halogenated alkanes) is 2. The highest BCUT2D eigenvalue weighted by Gasteiger charge is 2.17. The fourth-order valence-corrected chi connectivity index (χ4v) is 1.40. The number of carbonyl (C=O) groups excluding carboxylic acids is 1. The number of carbonyl (C=O) groups is 2. The SMILES string of the molecule is O=C(CCCCCO[N+](=O)[O-])NC(CS)C(=O)O. The lowest BCUT2D eigenvalue weighted by atomic mass is 10.2. The fraction of sp³-hybridized carbons (Fsp3) is 0.778. The molecule has 1 atom stereocenters. The van der Waals surface area contributed by atoms with Gasteiger partial charge < -0.3 is 15.3 Å². The van der Waals surface area contributed by atoms with Crippen molar-refractivity contribution in [1.29, 1.82) is 0 Å². The molecule has 0 saturated heterocycles. The first-order valence-corrected chi connectivity index (χ1v) is 6.01. The van der Waals surface area contributed by atoms with Gasteiger partial charge in [0, 0.05) is 12.2 Å². The van der Waals surface area contributed by atoms with Crippen molar-refractivity contribution < 1.29 is 24.6 Å². The van der Waals surface area contributed by atoms with Gasteiger partial charge in [-0.15, -0.1) is 10.1 Å². The van der Waals surface area contributed by atoms with Crippen LogP contribution in [0.1, 0.15) is 25.7 Å². The molecule has 0 aliphatic rings. The number of hydrogen-bond acceptors (Lipinski definition) is 6. The first kappa shape index (κ1) is 16.5. The zero-order valence-corrected chi connectivity index (χ0v) is 10.6. The highest BCUT2D eigenvalue weighted by atomic mass is 32.1. The number of hydrogen-bond donors (Lipinski definition) is 3. The molecule has 0 heterocycles. The molecular formula is C9H16N2O6S. The Morgan fingerprint density at radius 2 is 2.06 bits per heavy atom. The molecule has 0 aliphatic heterocycles. The van der Waals surface area contributed by atoms with Crippen molar-refractivity contribution in [3.05, 3.63) is 10.1 Å². The minimum Gasteiger partial charge on any atom is -0.480 e. The number of nitrogens with one attached hydrogen (secondary N) is 1. The van der Waals surface area contributed by atoms with Gasteiger partial charge in [0.25, 0.3) is 5.09 Å². The van der Waals surface area contributed by atoms with Gasteiger partial charge in [-0.2, -0.15) is 12.6 Å². The van der Waals surface area contributed by atoms with Crippen molar-refractivity contribution in [3.63, 3.8) is 0 Å². The van der Waals surface area contributed by atoms with E-state index in [0.717, 1.165) is 0 Å². The number of thiol groups is 1. The van der Waals surface area contributed by atoms with Gasteiger partial charge in [0.1, 0.15) is 6.04 Å². The molecule has 104 valence electrons. The lowest BCUT2D eigenvalue weighted by molar-refractivity contribution is -0.757. The van der Waals surface area contributed by atoms with E-state index in [1.807, 2.05) is 0 Å². The van der Waals surface area contributed by atoms with E-state index in [0.29, 0.717) is 19.3 Å². The Balaban J connectivity index is 3.59. The number of aliphatic carboxylic acids is 1. The zero-order valence-electron chi connectivity index (χ0n) is 9.70. The van der Waals surface area contributed by atoms with Crippen molar-refractivity contribution in [2.45, 2.75) is 31.7 Å². The van der Waals surface area contributed by atoms with Crippen LogP contribution in [-0.4, -0.2) is 40.5 Å². The molecule has 0 bridgehead atoms. The maximum absolute atomic E-state index is 11.3. The first-order valence-electron chi connectivity index (χ1n) is 5.37. The summed E-state index contributed by atoms with van der Waals surface area (Å²) in [5.74, 6) is -1.47. The van der Waals surface area contributed by atoms with Crippen LogP contribution in [0.25, 0.3) is 0 Å². The summed E-state index contributed by atoms with van der Waals surface area (Å²) in [5, 5.41) is 19.9. The molecule has 0 radical (unpaired) electrons. The second kappa shape index (κ2) is 9.51. The van der Waals surface area contributed by atoms with E-state index in [1.165, 1.54) is 0 Å². The molecule has 2 N–H and O–H groups in total. The third kappa shape index (κ3) is 8.62. The van der Waals surface area contributed by atoms with Gasteiger partial charge in [0.15, 0.2) is 0 Å². The van der Waals surface area contributed by atoms with E-state index in [2.05, 4.69) is 22.8 Å². The highest BCUT2D eigenvalue weighted by Crippen LogP contribution is 2.01. The summed E-state index contributed by atoms with van der Waals surface area (Å²) in [6, 6.07) is -0.987. The van der Waals surface area contributed by atoms with Gasteiger partial charge in [-0.3, -0.25) is 4.79 Å². The predicted molar refractivity (Wildman–Crippen MR) is 64.8 cm³/mol. The molecule has 0 aromatic heterocycles. The summed E-state index contributed by atoms with van der Waals surface area (Å²) in [4.78, 5) is 35.8. The fourth-order valence-electron chi connectivity index (χ4n) is 1.16. The number of rotatable bonds is 10. The molecule has 0 aromatic carbocycles. The van der Waals surface area contributed by atoms with Crippen LogP contribution < -0.4 is 5.32 Å². The van der Waals surface area contributed by atoms with Gasteiger partial charge in [-0.25, -0.2) is 4.79 Å². The van der Waals surface area contributed by atoms with Crippen molar-refractivity contribution in [1.82, 2.24) is 5.32 Å². The molecule has 0 rings (SSSR count). The Bertz CT molecular complexity index is 299. The van der Waals surface area contributed by atoms with Gasteiger partial charge in [0.05, 0.1) is 6.61 Å². The van der Waals surface area contributed by atoms with Crippen molar-refractivity contribution in [2.24, 2.45) is 0 Å². The third-order valence-electron chi connectivity index (χ3n) is 2.06. The van der Waals surface area contributed by atoms with Crippen LogP contribution in [0.15, 0.2) is 0 Å². The van der Waals surface area contributed by atoms with Gasteiger partial charge in [-0.05, 0) is 12.8 Å². The second-order valence-corrected chi connectivity index (χ2v) is 3.87. The maximum atomic E-state index is 11.3. The molecule has 8 nitrogen and oxygen atoms in total. The molecule has 0 spiro atoms. The molecular weight excluding hydrogens is 264 g/mol. The lowest BCUT2D eigenvalue weighted by Gasteiger charge is -2.11. The molecule has 0 saturated carbocycles. The van der Waals surface area contributed by atoms with E-state index in [-0.39, 0.29) is 24.7 Å². The van der Waals surface area contributed by atoms with Crippen LogP contribution in [0.3, 0.4) is 0 Å². The van der Waals surface area contributed by atoms with Crippen molar-refractivity contribution in [3.8, 4) is 0 Å². The maximum Gasteiger partial charge on any atom is 0.327 e. The van der Waals surface area contributed by atoms with Crippen LogP contribution in [0.5, 0.6) is 0 Å². The van der Waals surface area contributed by atoms with Crippen LogP contribution in [0.2, 0.25) is 0 Å². The summed E-state index contributed by atoms with van der Waals surface area (Å²) in [6.07, 6.45) is 1.77. The van der Waals surface area contributed by atoms with Gasteiger partial charge in [0.2, 0.25) is 5.91 Å². The largest absolute Gasteiger partial charge is 0.480 e. The third-order valence-corrected chi connectivity index (χ3v) is 2.43. The van der Waals surface area contributed by atoms with E-state index in [9.17, 15) is 19.7 Å². The molecule has 0 aromatic rings. The Morgan fingerprint density at radius 3 is 2.56 bits per heavy atom. The summed E-state index contributed by atoms with van der Waals surface area (Å²) >= 11 is 3.81. The van der Waals surface area contributed by atoms with E-state index in [4.69, 9.17) is 5.11 Å². The minimum atomic E-state index is -1.13. The monoisotopic (exact) mass is 280 g/mol. The Kier molecular flexibility index (Phi) is 8.71. The van der Waals surface area contributed by atoms with Crippen LogP contribution in [0.4, 0.5) is 0 Å². The van der Waals surface area contributed by atoms with E-state index in [1.54, 1.807) is 0 Å². The van der Waals surface area contributed by atoms with E-state index < -0.39 is 17.1 Å². The highest BCUT2D eigenvalue weighted by molar-refractivity contribution is 7.80. The van der Waals surface area contributed by atoms with Crippen molar-refractivity contribution >= 4 is 24.5 Å². The standard InChI is InChI=1S/C9H16N2O6S/c12-8(10-7(6-18)9(13)14)4-2-1-3-5-17-11(15)16/h7,18H,1-6H2,(H,10,12)(H,13,14). The summed E-state index contributed by atoms with van der Waals surface area (Å²) < 4.78 is 0. The number of nitrogens with zero attached hydrogens (tertiary/aromatic N) is 1. The minimum absolute atomic E-state index is 0.00299. The summed E-state index contributed by atoms with van der Waals surface area (Å²) in [6.45, 7) is 0.00299. The van der Waals surface area contributed by atoms with Crippen LogP contribution in [0, 0.1) is 10.1 Å².